The van der Waals surface area contributed by atoms with Crippen molar-refractivity contribution >= 4 is 44.3 Å². The van der Waals surface area contributed by atoms with Gasteiger partial charge in [-0.3, -0.25) is 4.57 Å². The third-order valence-electron chi connectivity index (χ3n) is 4.60. The average Bonchev–Trinajstić information content (AvgIpc) is 3.05. The Morgan fingerprint density at radius 1 is 1.23 bits per heavy atom. The van der Waals surface area contributed by atoms with Crippen LogP contribution in [0, 0.1) is 6.92 Å². The van der Waals surface area contributed by atoms with Crippen LogP contribution in [0.15, 0.2) is 76.5 Å². The van der Waals surface area contributed by atoms with Gasteiger partial charge in [0, 0.05) is 18.8 Å². The third-order valence-corrected chi connectivity index (χ3v) is 7.62. The van der Waals surface area contributed by atoms with Gasteiger partial charge in [-0.05, 0) is 37.6 Å². The van der Waals surface area contributed by atoms with Gasteiger partial charge in [0.25, 0.3) is 10.0 Å². The number of rotatable bonds is 7. The van der Waals surface area contributed by atoms with Gasteiger partial charge in [-0.1, -0.05) is 66.0 Å². The molecule has 0 aliphatic carbocycles. The van der Waals surface area contributed by atoms with Crippen molar-refractivity contribution in [3.05, 3.63) is 82.5 Å². The van der Waals surface area contributed by atoms with Gasteiger partial charge in [0.05, 0.1) is 4.90 Å². The fraction of sp³-hybridized carbons (Fsp3) is 0.182. The lowest BCUT2D eigenvalue weighted by Crippen LogP contribution is -2.29. The van der Waals surface area contributed by atoms with Crippen LogP contribution in [-0.2, 0) is 16.6 Å². The highest BCUT2D eigenvalue weighted by Crippen LogP contribution is 2.28. The molecule has 3 rings (SSSR count). The Kier molecular flexibility index (Phi) is 7.09. The van der Waals surface area contributed by atoms with E-state index < -0.39 is 10.0 Å². The molecule has 2 aromatic carbocycles. The number of para-hydroxylation sites is 1. The first kappa shape index (κ1) is 22.9. The Bertz CT molecular complexity index is 1280. The number of benzene rings is 2. The van der Waals surface area contributed by atoms with Crippen LogP contribution in [-0.4, -0.2) is 29.6 Å². The van der Waals surface area contributed by atoms with Crippen LogP contribution in [0.1, 0.15) is 17.4 Å². The molecule has 0 radical (unpaired) electrons. The van der Waals surface area contributed by atoms with Crippen LogP contribution >= 0.6 is 23.6 Å². The van der Waals surface area contributed by atoms with Gasteiger partial charge in [-0.25, -0.2) is 0 Å². The molecule has 0 saturated heterocycles. The fourth-order valence-corrected chi connectivity index (χ4v) is 5.72. The molecule has 0 fully saturated rings. The number of aromatic nitrogens is 1. The number of hydrogen-bond donors (Lipinski definition) is 1. The Hall–Kier alpha value is -2.75. The van der Waals surface area contributed by atoms with Gasteiger partial charge in [-0.2, -0.15) is 8.42 Å². The minimum absolute atomic E-state index is 0.0762. The van der Waals surface area contributed by atoms with Crippen LogP contribution in [0.25, 0.3) is 0 Å². The number of sulfonamides is 1. The molecule has 0 bridgehead atoms. The second-order valence-electron chi connectivity index (χ2n) is 6.65. The fourth-order valence-electron chi connectivity index (χ4n) is 3.07. The van der Waals surface area contributed by atoms with E-state index in [1.54, 1.807) is 24.3 Å². The van der Waals surface area contributed by atoms with E-state index in [0.29, 0.717) is 16.4 Å². The number of thiazole rings is 1. The van der Waals surface area contributed by atoms with Gasteiger partial charge in [0.2, 0.25) is 10.7 Å². The van der Waals surface area contributed by atoms with Crippen molar-refractivity contribution in [2.45, 2.75) is 25.3 Å². The predicted molar refractivity (Wildman–Crippen MR) is 129 cm³/mol. The lowest BCUT2D eigenvalue weighted by atomic mass is 10.2. The molecule has 6 nitrogen and oxygen atoms in total. The number of aryl methyl sites for hydroxylation is 1. The van der Waals surface area contributed by atoms with E-state index in [0.717, 1.165) is 22.6 Å². The Labute approximate surface area is 191 Å². The first-order valence-electron chi connectivity index (χ1n) is 9.57. The van der Waals surface area contributed by atoms with Gasteiger partial charge in [-0.15, -0.1) is 11.0 Å². The molecule has 1 heterocycles. The van der Waals surface area contributed by atoms with Crippen molar-refractivity contribution < 1.29 is 13.5 Å². The summed E-state index contributed by atoms with van der Waals surface area (Å²) < 4.78 is 30.9. The summed E-state index contributed by atoms with van der Waals surface area (Å²) in [7, 11) is -3.96. The van der Waals surface area contributed by atoms with E-state index in [4.69, 9.17) is 12.2 Å². The number of thiocarbonyl (C=S) groups is 1. The van der Waals surface area contributed by atoms with Crippen molar-refractivity contribution in [3.63, 3.8) is 0 Å². The monoisotopic (exact) mass is 473 g/mol. The zero-order valence-corrected chi connectivity index (χ0v) is 19.7. The Morgan fingerprint density at radius 2 is 1.87 bits per heavy atom. The number of nitrogens with zero attached hydrogens (tertiary/aromatic N) is 3. The zero-order valence-electron chi connectivity index (χ0n) is 17.2. The second kappa shape index (κ2) is 9.59. The van der Waals surface area contributed by atoms with Crippen LogP contribution in [0.2, 0.25) is 0 Å². The largest absolute Gasteiger partial charge is 0.493 e. The van der Waals surface area contributed by atoms with Crippen LogP contribution < -0.4 is 9.70 Å². The lowest BCUT2D eigenvalue weighted by molar-refractivity contribution is 0.421. The minimum atomic E-state index is -3.96. The Morgan fingerprint density at radius 3 is 2.48 bits per heavy atom. The molecular formula is C22H23N3O3S3. The molecule has 0 spiro atoms. The van der Waals surface area contributed by atoms with Crippen LogP contribution in [0.4, 0.5) is 5.69 Å². The average molecular weight is 474 g/mol. The molecule has 0 aliphatic heterocycles. The normalized spacial score (nSPS) is 12.0. The Balaban J connectivity index is 2.14. The maximum absolute atomic E-state index is 12.8. The molecule has 1 N–H and O–H groups in total. The van der Waals surface area contributed by atoms with Crippen LogP contribution in [0.5, 0.6) is 5.88 Å². The van der Waals surface area contributed by atoms with Gasteiger partial charge in [0.1, 0.15) is 9.87 Å². The summed E-state index contributed by atoms with van der Waals surface area (Å²) in [5.74, 6) is -0.135. The molecule has 3 aromatic rings. The maximum atomic E-state index is 12.8. The van der Waals surface area contributed by atoms with Gasteiger partial charge >= 0.3 is 0 Å². The third kappa shape index (κ3) is 4.79. The molecule has 0 amide bonds. The maximum Gasteiger partial charge on any atom is 0.285 e. The predicted octanol–water partition coefficient (Wildman–Crippen LogP) is 4.24. The number of hydrogen-bond acceptors (Lipinski definition) is 5. The minimum Gasteiger partial charge on any atom is -0.493 e. The molecule has 1 aromatic heterocycles. The standard InChI is InChI=1S/C22H23N3O3S3/c1-4-15-25-20(26)19(21(29)24(5-2)18-14-10-9-11-16(18)3)30-22(25)23-31(27,28)17-12-7-6-8-13-17/h4,6-14,26H,1,5,15H2,2-3H3/b23-22-. The lowest BCUT2D eigenvalue weighted by Gasteiger charge is -2.24. The summed E-state index contributed by atoms with van der Waals surface area (Å²) in [6.45, 7) is 8.41. The van der Waals surface area contributed by atoms with Crippen molar-refractivity contribution in [1.29, 1.82) is 0 Å². The number of anilines is 1. The summed E-state index contributed by atoms with van der Waals surface area (Å²) in [5.41, 5.74) is 1.96. The smallest absolute Gasteiger partial charge is 0.285 e. The summed E-state index contributed by atoms with van der Waals surface area (Å²) in [5, 5.41) is 10.9. The quantitative estimate of drug-likeness (QED) is 0.410. The second-order valence-corrected chi connectivity index (χ2v) is 9.62. The number of allylic oxidation sites excluding steroid dienone is 1. The highest BCUT2D eigenvalue weighted by molar-refractivity contribution is 7.90. The molecule has 31 heavy (non-hydrogen) atoms. The summed E-state index contributed by atoms with van der Waals surface area (Å²) in [4.78, 5) is 2.88. The van der Waals surface area contributed by atoms with Crippen LogP contribution in [0.3, 0.4) is 0 Å². The van der Waals surface area contributed by atoms with Crippen molar-refractivity contribution in [1.82, 2.24) is 4.57 Å². The van der Waals surface area contributed by atoms with E-state index >= 15 is 0 Å². The molecule has 0 atom stereocenters. The zero-order chi connectivity index (χ0) is 22.6. The van der Waals surface area contributed by atoms with E-state index in [1.165, 1.54) is 16.7 Å². The first-order chi connectivity index (χ1) is 14.8. The van der Waals surface area contributed by atoms with Gasteiger partial charge in [0.15, 0.2) is 0 Å². The summed E-state index contributed by atoms with van der Waals surface area (Å²) in [6.07, 6.45) is 1.56. The summed E-state index contributed by atoms with van der Waals surface area (Å²) >= 11 is 6.74. The van der Waals surface area contributed by atoms with Crippen molar-refractivity contribution in [2.75, 3.05) is 11.4 Å². The molecule has 0 aliphatic rings. The number of aromatic hydroxyl groups is 1. The van der Waals surface area contributed by atoms with E-state index in [1.807, 2.05) is 43.0 Å². The highest BCUT2D eigenvalue weighted by atomic mass is 32.2. The SMILES string of the molecule is C=CCn1c(O)c(C(=S)N(CC)c2ccccc2C)s/c1=N\S(=O)(=O)c1ccccc1. The summed E-state index contributed by atoms with van der Waals surface area (Å²) in [6, 6.07) is 15.8. The van der Waals surface area contributed by atoms with Crippen molar-refractivity contribution in [3.8, 4) is 5.88 Å². The molecule has 0 saturated carbocycles. The van der Waals surface area contributed by atoms with Gasteiger partial charge < -0.3 is 10.0 Å². The first-order valence-corrected chi connectivity index (χ1v) is 12.2. The van der Waals surface area contributed by atoms with E-state index in [9.17, 15) is 13.5 Å². The molecule has 162 valence electrons. The highest BCUT2D eigenvalue weighted by Gasteiger charge is 2.23. The van der Waals surface area contributed by atoms with Crippen molar-refractivity contribution in [2.24, 2.45) is 4.40 Å². The molecule has 0 unspecified atom stereocenters. The molecule has 9 heteroatoms. The van der Waals surface area contributed by atoms with E-state index in [2.05, 4.69) is 11.0 Å². The molecular weight excluding hydrogens is 450 g/mol. The topological polar surface area (TPSA) is 74.9 Å². The van der Waals surface area contributed by atoms with E-state index in [-0.39, 0.29) is 22.1 Å².